The van der Waals surface area contributed by atoms with E-state index < -0.39 is 29.2 Å². The Morgan fingerprint density at radius 2 is 1.75 bits per heavy atom. The van der Waals surface area contributed by atoms with Gasteiger partial charge in [0.25, 0.3) is 6.43 Å². The molecule has 0 aromatic heterocycles. The lowest BCUT2D eigenvalue weighted by atomic mass is 10.1. The molecular weight excluding hydrogens is 253 g/mol. The summed E-state index contributed by atoms with van der Waals surface area (Å²) < 4.78 is 61.2. The van der Waals surface area contributed by atoms with Crippen molar-refractivity contribution in [1.82, 2.24) is 0 Å². The molecule has 16 heavy (non-hydrogen) atoms. The number of alkyl halides is 5. The summed E-state index contributed by atoms with van der Waals surface area (Å²) in [6, 6.07) is 0.701. The van der Waals surface area contributed by atoms with Gasteiger partial charge in [0.1, 0.15) is 0 Å². The molecule has 0 spiro atoms. The second-order valence-electron chi connectivity index (χ2n) is 3.10. The van der Waals surface area contributed by atoms with E-state index in [1.54, 1.807) is 0 Å². The molecule has 0 aliphatic carbocycles. The van der Waals surface area contributed by atoms with Crippen LogP contribution in [0.1, 0.15) is 17.2 Å². The molecule has 0 saturated heterocycles. The Bertz CT molecular complexity index is 377. The van der Waals surface area contributed by atoms with Gasteiger partial charge in [-0.15, -0.1) is 0 Å². The average molecular weight is 260 g/mol. The number of rotatable bonds is 2. The third kappa shape index (κ3) is 2.82. The van der Waals surface area contributed by atoms with Crippen molar-refractivity contribution in [3.8, 4) is 0 Å². The van der Waals surface area contributed by atoms with Crippen LogP contribution in [0.3, 0.4) is 0 Å². The van der Waals surface area contributed by atoms with Gasteiger partial charge in [-0.25, -0.2) is 8.78 Å². The molecule has 1 aromatic rings. The number of halogens is 6. The van der Waals surface area contributed by atoms with Crippen molar-refractivity contribution in [2.45, 2.75) is 18.6 Å². The fourth-order valence-electron chi connectivity index (χ4n) is 1.11. The topological polar surface area (TPSA) is 26.0 Å². The number of hydrogen-bond acceptors (Lipinski definition) is 1. The highest BCUT2D eigenvalue weighted by Crippen LogP contribution is 2.36. The molecule has 0 fully saturated rings. The van der Waals surface area contributed by atoms with Crippen molar-refractivity contribution in [3.63, 3.8) is 0 Å². The van der Waals surface area contributed by atoms with Gasteiger partial charge in [-0.2, -0.15) is 13.2 Å². The molecular formula is C9H7ClF5N. The summed E-state index contributed by atoms with van der Waals surface area (Å²) in [6.45, 7) is 0. The zero-order chi connectivity index (χ0) is 12.5. The summed E-state index contributed by atoms with van der Waals surface area (Å²) >= 11 is 5.34. The fraction of sp³-hybridized carbons (Fsp3) is 0.333. The second-order valence-corrected chi connectivity index (χ2v) is 3.50. The highest BCUT2D eigenvalue weighted by Gasteiger charge is 2.33. The molecule has 0 amide bonds. The summed E-state index contributed by atoms with van der Waals surface area (Å²) in [6.07, 6.45) is -7.46. The van der Waals surface area contributed by atoms with Gasteiger partial charge in [-0.05, 0) is 17.7 Å². The quantitative estimate of drug-likeness (QED) is 0.807. The third-order valence-electron chi connectivity index (χ3n) is 1.95. The first kappa shape index (κ1) is 13.2. The van der Waals surface area contributed by atoms with Gasteiger partial charge in [0.15, 0.2) is 0 Å². The van der Waals surface area contributed by atoms with E-state index in [0.717, 1.165) is 12.1 Å². The minimum Gasteiger partial charge on any atom is -0.319 e. The maximum Gasteiger partial charge on any atom is 0.417 e. The molecule has 0 radical (unpaired) electrons. The Kier molecular flexibility index (Phi) is 3.75. The predicted octanol–water partition coefficient (Wildman–Crippen LogP) is 3.62. The van der Waals surface area contributed by atoms with Gasteiger partial charge < -0.3 is 5.73 Å². The van der Waals surface area contributed by atoms with Gasteiger partial charge in [0.2, 0.25) is 0 Å². The first-order valence-electron chi connectivity index (χ1n) is 4.14. The number of benzene rings is 1. The van der Waals surface area contributed by atoms with Crippen molar-refractivity contribution >= 4 is 11.6 Å². The van der Waals surface area contributed by atoms with Gasteiger partial charge in [-0.3, -0.25) is 0 Å². The first-order chi connectivity index (χ1) is 7.23. The van der Waals surface area contributed by atoms with Crippen LogP contribution in [-0.4, -0.2) is 6.43 Å². The second kappa shape index (κ2) is 4.55. The molecule has 0 aliphatic heterocycles. The van der Waals surface area contributed by atoms with Crippen molar-refractivity contribution in [3.05, 3.63) is 34.3 Å². The van der Waals surface area contributed by atoms with E-state index in [-0.39, 0.29) is 5.56 Å². The molecule has 0 bridgehead atoms. The Morgan fingerprint density at radius 3 is 2.12 bits per heavy atom. The zero-order valence-electron chi connectivity index (χ0n) is 7.73. The SMILES string of the molecule is N[C@@H](c1ccc(C(F)(F)F)c(Cl)c1)C(F)F. The van der Waals surface area contributed by atoms with Crippen LogP contribution in [0.4, 0.5) is 22.0 Å². The predicted molar refractivity (Wildman–Crippen MR) is 49.4 cm³/mol. The van der Waals surface area contributed by atoms with E-state index >= 15 is 0 Å². The maximum absolute atomic E-state index is 12.3. The van der Waals surface area contributed by atoms with Crippen LogP contribution in [-0.2, 0) is 6.18 Å². The Hall–Kier alpha value is -0.880. The zero-order valence-corrected chi connectivity index (χ0v) is 8.49. The highest BCUT2D eigenvalue weighted by molar-refractivity contribution is 6.31. The monoisotopic (exact) mass is 259 g/mol. The Labute approximate surface area is 93.0 Å². The van der Waals surface area contributed by atoms with Gasteiger partial charge >= 0.3 is 6.18 Å². The third-order valence-corrected chi connectivity index (χ3v) is 2.27. The Morgan fingerprint density at radius 1 is 1.19 bits per heavy atom. The van der Waals surface area contributed by atoms with Crippen molar-refractivity contribution in [2.24, 2.45) is 5.73 Å². The summed E-state index contributed by atoms with van der Waals surface area (Å²) in [5, 5.41) is -0.638. The molecule has 1 nitrogen and oxygen atoms in total. The molecule has 1 atom stereocenters. The lowest BCUT2D eigenvalue weighted by molar-refractivity contribution is -0.137. The maximum atomic E-state index is 12.3. The van der Waals surface area contributed by atoms with E-state index in [1.807, 2.05) is 0 Å². The molecule has 0 saturated carbocycles. The summed E-state index contributed by atoms with van der Waals surface area (Å²) in [7, 11) is 0. The molecule has 2 N–H and O–H groups in total. The first-order valence-corrected chi connectivity index (χ1v) is 4.51. The van der Waals surface area contributed by atoms with E-state index in [4.69, 9.17) is 17.3 Å². The van der Waals surface area contributed by atoms with Gasteiger partial charge in [0, 0.05) is 0 Å². The normalized spacial score (nSPS) is 14.2. The van der Waals surface area contributed by atoms with Crippen LogP contribution < -0.4 is 5.73 Å². The molecule has 1 rings (SSSR count). The molecule has 0 heterocycles. The van der Waals surface area contributed by atoms with E-state index in [0.29, 0.717) is 6.07 Å². The van der Waals surface area contributed by atoms with E-state index in [2.05, 4.69) is 0 Å². The molecule has 0 unspecified atom stereocenters. The minimum absolute atomic E-state index is 0.131. The van der Waals surface area contributed by atoms with Crippen LogP contribution in [0.2, 0.25) is 5.02 Å². The van der Waals surface area contributed by atoms with Crippen LogP contribution in [0.5, 0.6) is 0 Å². The van der Waals surface area contributed by atoms with Gasteiger partial charge in [-0.1, -0.05) is 17.7 Å². The molecule has 1 aromatic carbocycles. The van der Waals surface area contributed by atoms with Crippen LogP contribution in [0.15, 0.2) is 18.2 Å². The van der Waals surface area contributed by atoms with Crippen molar-refractivity contribution in [1.29, 1.82) is 0 Å². The fourth-order valence-corrected chi connectivity index (χ4v) is 1.41. The molecule has 0 aliphatic rings. The van der Waals surface area contributed by atoms with E-state index in [9.17, 15) is 22.0 Å². The lowest BCUT2D eigenvalue weighted by Crippen LogP contribution is -2.19. The van der Waals surface area contributed by atoms with Crippen LogP contribution in [0, 0.1) is 0 Å². The van der Waals surface area contributed by atoms with Crippen LogP contribution >= 0.6 is 11.6 Å². The van der Waals surface area contributed by atoms with E-state index in [1.165, 1.54) is 0 Å². The summed E-state index contributed by atoms with van der Waals surface area (Å²) in [4.78, 5) is 0. The summed E-state index contributed by atoms with van der Waals surface area (Å²) in [5.41, 5.74) is 3.87. The number of nitrogens with two attached hydrogens (primary N) is 1. The largest absolute Gasteiger partial charge is 0.417 e. The highest BCUT2D eigenvalue weighted by atomic mass is 35.5. The van der Waals surface area contributed by atoms with Crippen molar-refractivity contribution < 1.29 is 22.0 Å². The molecule has 90 valence electrons. The molecule has 7 heteroatoms. The average Bonchev–Trinajstić information content (AvgIpc) is 2.14. The Balaban J connectivity index is 3.09. The van der Waals surface area contributed by atoms with Crippen LogP contribution in [0.25, 0.3) is 0 Å². The smallest absolute Gasteiger partial charge is 0.319 e. The minimum atomic E-state index is -4.61. The van der Waals surface area contributed by atoms with Crippen molar-refractivity contribution in [2.75, 3.05) is 0 Å². The lowest BCUT2D eigenvalue weighted by Gasteiger charge is -2.14. The van der Waals surface area contributed by atoms with Gasteiger partial charge in [0.05, 0.1) is 16.6 Å². The standard InChI is InChI=1S/C9H7ClF5N/c10-6-3-4(7(16)8(11)12)1-2-5(6)9(13,14)15/h1-3,7-8H,16H2/t7-/m0/s1. The summed E-state index contributed by atoms with van der Waals surface area (Å²) in [5.74, 6) is 0. The number of hydrogen-bond donors (Lipinski definition) is 1.